The van der Waals surface area contributed by atoms with E-state index in [0.29, 0.717) is 41.8 Å². The first kappa shape index (κ1) is 27.0. The van der Waals surface area contributed by atoms with Crippen molar-refractivity contribution in [2.24, 2.45) is 0 Å². The third-order valence-corrected chi connectivity index (χ3v) is 10.1. The topological polar surface area (TPSA) is 86.6 Å². The van der Waals surface area contributed by atoms with Gasteiger partial charge in [-0.15, -0.1) is 0 Å². The molecule has 0 radical (unpaired) electrons. The monoisotopic (exact) mass is 586 g/mol. The summed E-state index contributed by atoms with van der Waals surface area (Å²) in [6, 6.07) is 9.94. The van der Waals surface area contributed by atoms with E-state index in [1.807, 2.05) is 18.2 Å². The van der Waals surface area contributed by atoms with Crippen molar-refractivity contribution >= 4 is 27.5 Å². The first-order valence-corrected chi connectivity index (χ1v) is 15.5. The molecule has 4 saturated heterocycles. The number of halogens is 2. The summed E-state index contributed by atoms with van der Waals surface area (Å²) in [6.07, 6.45) is 6.02. The second-order valence-corrected chi connectivity index (χ2v) is 12.8. The molecule has 8 nitrogen and oxygen atoms in total. The minimum atomic E-state index is -0.871. The number of nitrogens with zero attached hydrogens (tertiary/aromatic N) is 5. The van der Waals surface area contributed by atoms with Crippen molar-refractivity contribution in [1.29, 1.82) is 0 Å². The van der Waals surface area contributed by atoms with E-state index in [1.54, 1.807) is 18.3 Å². The van der Waals surface area contributed by atoms with Crippen molar-refractivity contribution in [2.75, 3.05) is 37.7 Å². The number of pyridine rings is 1. The number of anilines is 1. The highest BCUT2D eigenvalue weighted by atomic mass is 19.1. The highest BCUT2D eigenvalue weighted by molar-refractivity contribution is 6.01. The first-order valence-electron chi connectivity index (χ1n) is 15.5. The number of ether oxygens (including phenoxy) is 1. The lowest BCUT2D eigenvalue weighted by molar-refractivity contribution is 0.107. The van der Waals surface area contributed by atoms with Crippen LogP contribution in [0.25, 0.3) is 32.9 Å². The molecule has 4 aliphatic rings. The Hall–Kier alpha value is -3.63. The summed E-state index contributed by atoms with van der Waals surface area (Å²) < 4.78 is 37.5. The normalized spacial score (nSPS) is 27.0. The SMILES string of the molecule is CCc1cccc2cc(O)cc(-c3ncc4c(N5CC6CCC(C5)N6)nc(OC[C@]56CCCN5C[C@@H](F)C6)nc4c3F)c12. The molecule has 10 heteroatoms. The molecule has 4 aromatic rings. The van der Waals surface area contributed by atoms with Crippen LogP contribution in [0.2, 0.25) is 0 Å². The van der Waals surface area contributed by atoms with Gasteiger partial charge in [-0.05, 0) is 67.1 Å². The molecular weight excluding hydrogens is 550 g/mol. The van der Waals surface area contributed by atoms with E-state index in [9.17, 15) is 9.50 Å². The Morgan fingerprint density at radius 2 is 1.98 bits per heavy atom. The largest absolute Gasteiger partial charge is 0.508 e. The molecule has 2 bridgehead atoms. The molecule has 2 N–H and O–H groups in total. The van der Waals surface area contributed by atoms with E-state index in [0.717, 1.165) is 68.1 Å². The van der Waals surface area contributed by atoms with E-state index in [-0.39, 0.29) is 35.1 Å². The van der Waals surface area contributed by atoms with Gasteiger partial charge in [-0.2, -0.15) is 9.97 Å². The average Bonchev–Trinajstić information content (AvgIpc) is 3.65. The van der Waals surface area contributed by atoms with Gasteiger partial charge in [0.05, 0.1) is 10.9 Å². The van der Waals surface area contributed by atoms with Crippen LogP contribution in [0.15, 0.2) is 36.5 Å². The standard InChI is InChI=1S/C33H36F2N6O2/c1-2-19-5-3-6-20-11-24(42)12-25(27(19)20)29-28(35)30-26(14-36-29)31(40-16-22-7-8-23(17-40)37-22)39-32(38-30)43-18-33-9-4-10-41(33)15-21(34)13-33/h3,5-6,11-12,14,21-23,37,42H,2,4,7-10,13,15-18H2,1H3/t21-,22?,23?,33+/m0/s1. The Kier molecular flexibility index (Phi) is 6.41. The van der Waals surface area contributed by atoms with Gasteiger partial charge in [-0.25, -0.2) is 8.78 Å². The summed E-state index contributed by atoms with van der Waals surface area (Å²) in [4.78, 5) is 18.5. The maximum Gasteiger partial charge on any atom is 0.319 e. The first-order chi connectivity index (χ1) is 20.9. The van der Waals surface area contributed by atoms with Crippen molar-refractivity contribution in [3.05, 3.63) is 47.9 Å². The number of aromatic hydroxyl groups is 1. The molecule has 6 heterocycles. The van der Waals surface area contributed by atoms with Crippen LogP contribution in [-0.2, 0) is 6.42 Å². The zero-order chi connectivity index (χ0) is 29.3. The summed E-state index contributed by atoms with van der Waals surface area (Å²) in [6.45, 7) is 5.12. The van der Waals surface area contributed by atoms with Crippen LogP contribution in [0.1, 0.15) is 44.6 Å². The Morgan fingerprint density at radius 1 is 1.14 bits per heavy atom. The lowest BCUT2D eigenvalue weighted by Crippen LogP contribution is -2.51. The second-order valence-electron chi connectivity index (χ2n) is 12.8. The number of phenolic OH excluding ortho intramolecular Hbond substituents is 1. The van der Waals surface area contributed by atoms with Crippen LogP contribution >= 0.6 is 0 Å². The number of rotatable bonds is 6. The summed E-state index contributed by atoms with van der Waals surface area (Å²) >= 11 is 0. The molecule has 4 fully saturated rings. The number of fused-ring (bicyclic) bond motifs is 5. The van der Waals surface area contributed by atoms with E-state index in [2.05, 4.69) is 32.0 Å². The van der Waals surface area contributed by atoms with Gasteiger partial charge in [-0.1, -0.05) is 25.1 Å². The summed E-state index contributed by atoms with van der Waals surface area (Å²) in [5.74, 6) is 0.0815. The number of hydrogen-bond acceptors (Lipinski definition) is 8. The Balaban J connectivity index is 1.26. The highest BCUT2D eigenvalue weighted by Gasteiger charge is 2.49. The van der Waals surface area contributed by atoms with E-state index in [4.69, 9.17) is 9.72 Å². The van der Waals surface area contributed by atoms with Crippen LogP contribution in [0, 0.1) is 5.82 Å². The number of aromatic nitrogens is 3. The number of aryl methyl sites for hydroxylation is 1. The minimum Gasteiger partial charge on any atom is -0.508 e. The molecule has 0 amide bonds. The van der Waals surface area contributed by atoms with E-state index in [1.165, 1.54) is 0 Å². The van der Waals surface area contributed by atoms with Crippen molar-refractivity contribution in [3.8, 4) is 23.0 Å². The summed E-state index contributed by atoms with van der Waals surface area (Å²) in [5, 5.41) is 16.4. The van der Waals surface area contributed by atoms with Gasteiger partial charge in [-0.3, -0.25) is 9.88 Å². The molecule has 2 aromatic heterocycles. The van der Waals surface area contributed by atoms with Gasteiger partial charge in [0.25, 0.3) is 0 Å². The molecule has 4 atom stereocenters. The van der Waals surface area contributed by atoms with Gasteiger partial charge in [0.2, 0.25) is 0 Å². The van der Waals surface area contributed by atoms with Gasteiger partial charge in [0.15, 0.2) is 5.82 Å². The van der Waals surface area contributed by atoms with Gasteiger partial charge in [0.1, 0.15) is 35.6 Å². The molecule has 4 aliphatic heterocycles. The maximum absolute atomic E-state index is 16.8. The predicted octanol–water partition coefficient (Wildman–Crippen LogP) is 5.15. The van der Waals surface area contributed by atoms with Crippen molar-refractivity contribution in [1.82, 2.24) is 25.2 Å². The number of hydrogen-bond donors (Lipinski definition) is 2. The van der Waals surface area contributed by atoms with Gasteiger partial charge < -0.3 is 20.1 Å². The Bertz CT molecular complexity index is 1720. The Morgan fingerprint density at radius 3 is 2.79 bits per heavy atom. The van der Waals surface area contributed by atoms with E-state index < -0.39 is 12.0 Å². The third-order valence-electron chi connectivity index (χ3n) is 10.1. The molecule has 2 unspecified atom stereocenters. The van der Waals surface area contributed by atoms with Crippen LogP contribution < -0.4 is 15.0 Å². The fraction of sp³-hybridized carbons (Fsp3) is 0.485. The minimum absolute atomic E-state index is 0.0452. The fourth-order valence-corrected chi connectivity index (χ4v) is 8.10. The summed E-state index contributed by atoms with van der Waals surface area (Å²) in [5.41, 5.74) is 1.46. The van der Waals surface area contributed by atoms with Crippen LogP contribution in [0.5, 0.6) is 11.8 Å². The number of piperazine rings is 1. The average molecular weight is 587 g/mol. The molecule has 2 aromatic carbocycles. The molecule has 0 spiro atoms. The van der Waals surface area contributed by atoms with Gasteiger partial charge >= 0.3 is 6.01 Å². The fourth-order valence-electron chi connectivity index (χ4n) is 8.10. The zero-order valence-electron chi connectivity index (χ0n) is 24.3. The molecule has 0 aliphatic carbocycles. The number of alkyl halides is 1. The molecule has 8 rings (SSSR count). The van der Waals surface area contributed by atoms with Crippen molar-refractivity contribution < 1.29 is 18.6 Å². The molecule has 43 heavy (non-hydrogen) atoms. The smallest absolute Gasteiger partial charge is 0.319 e. The highest BCUT2D eigenvalue weighted by Crippen LogP contribution is 2.42. The van der Waals surface area contributed by atoms with Crippen LogP contribution in [0.3, 0.4) is 0 Å². The molecular formula is C33H36F2N6O2. The third kappa shape index (κ3) is 4.49. The zero-order valence-corrected chi connectivity index (χ0v) is 24.3. The summed E-state index contributed by atoms with van der Waals surface area (Å²) in [7, 11) is 0. The number of phenols is 1. The molecule has 0 saturated carbocycles. The van der Waals surface area contributed by atoms with E-state index >= 15 is 4.39 Å². The quantitative estimate of drug-likeness (QED) is 0.321. The molecule has 224 valence electrons. The number of benzene rings is 2. The lowest BCUT2D eigenvalue weighted by atomic mass is 9.95. The maximum atomic E-state index is 16.8. The number of nitrogens with one attached hydrogen (secondary N) is 1. The van der Waals surface area contributed by atoms with Crippen LogP contribution in [0.4, 0.5) is 14.6 Å². The second kappa shape index (κ2) is 10.2. The van der Waals surface area contributed by atoms with Crippen LogP contribution in [-0.4, -0.2) is 81.5 Å². The lowest BCUT2D eigenvalue weighted by Gasteiger charge is -2.34. The predicted molar refractivity (Wildman–Crippen MR) is 162 cm³/mol. The Labute approximate surface area is 249 Å². The van der Waals surface area contributed by atoms with Gasteiger partial charge in [0, 0.05) is 49.9 Å². The van der Waals surface area contributed by atoms with Crippen molar-refractivity contribution in [3.63, 3.8) is 0 Å². The van der Waals surface area contributed by atoms with Crippen molar-refractivity contribution in [2.45, 2.75) is 69.2 Å².